The molecule has 0 amide bonds. The average molecular weight is 129 g/mol. The second-order valence-electron chi connectivity index (χ2n) is 2.86. The van der Waals surface area contributed by atoms with Gasteiger partial charge in [-0.1, -0.05) is 0 Å². The fraction of sp³-hybridized carbons (Fsp3) is 1.00. The van der Waals surface area contributed by atoms with Crippen molar-refractivity contribution in [3.63, 3.8) is 0 Å². The second kappa shape index (κ2) is 3.85. The Morgan fingerprint density at radius 1 is 1.11 bits per heavy atom. The largest absolute Gasteiger partial charge is 0.285 e. The molecule has 0 bridgehead atoms. The lowest BCUT2D eigenvalue weighted by atomic mass is 10.2. The summed E-state index contributed by atoms with van der Waals surface area (Å²) in [7, 11) is 0. The van der Waals surface area contributed by atoms with Crippen LogP contribution in [-0.4, -0.2) is 23.7 Å². The van der Waals surface area contributed by atoms with Crippen LogP contribution < -0.4 is 5.73 Å². The highest BCUT2D eigenvalue weighted by molar-refractivity contribution is 4.63. The molecule has 2 nitrogen and oxygen atoms in total. The molecule has 0 aromatic rings. The first-order valence-corrected chi connectivity index (χ1v) is 3.50. The van der Waals surface area contributed by atoms with Crippen LogP contribution in [-0.2, 0) is 0 Å². The van der Waals surface area contributed by atoms with Crippen molar-refractivity contribution in [3.8, 4) is 0 Å². The van der Waals surface area contributed by atoms with E-state index >= 15 is 0 Å². The SMILES string of the molecule is CC(C)N(C[NH])C(C)C. The average Bonchev–Trinajstić information content (AvgIpc) is 1.64. The van der Waals surface area contributed by atoms with Crippen LogP contribution in [0.15, 0.2) is 0 Å². The molecule has 9 heavy (non-hydrogen) atoms. The molecule has 0 aromatic carbocycles. The maximum atomic E-state index is 7.15. The zero-order chi connectivity index (χ0) is 7.44. The molecule has 0 aliphatic rings. The molecule has 0 unspecified atom stereocenters. The number of nitrogens with zero attached hydrogens (tertiary/aromatic N) is 1. The molecule has 55 valence electrons. The van der Waals surface area contributed by atoms with E-state index in [2.05, 4.69) is 32.6 Å². The van der Waals surface area contributed by atoms with Gasteiger partial charge in [0.05, 0.1) is 6.67 Å². The lowest BCUT2D eigenvalue weighted by Crippen LogP contribution is -2.38. The van der Waals surface area contributed by atoms with Gasteiger partial charge in [-0.25, -0.2) is 5.73 Å². The Morgan fingerprint density at radius 3 is 1.44 bits per heavy atom. The second-order valence-corrected chi connectivity index (χ2v) is 2.86. The molecule has 0 aliphatic heterocycles. The molecule has 0 spiro atoms. The first-order valence-electron chi connectivity index (χ1n) is 3.50. The molecule has 1 N–H and O–H groups in total. The van der Waals surface area contributed by atoms with Gasteiger partial charge in [0.15, 0.2) is 0 Å². The molecule has 2 heteroatoms. The first-order chi connectivity index (χ1) is 4.09. The molecule has 0 fully saturated rings. The molecule has 0 atom stereocenters. The van der Waals surface area contributed by atoms with E-state index in [0.29, 0.717) is 18.8 Å². The predicted molar refractivity (Wildman–Crippen MR) is 40.1 cm³/mol. The van der Waals surface area contributed by atoms with Crippen molar-refractivity contribution in [2.45, 2.75) is 39.8 Å². The lowest BCUT2D eigenvalue weighted by molar-refractivity contribution is 0.177. The van der Waals surface area contributed by atoms with Gasteiger partial charge >= 0.3 is 0 Å². The van der Waals surface area contributed by atoms with E-state index in [1.54, 1.807) is 0 Å². The van der Waals surface area contributed by atoms with E-state index in [1.165, 1.54) is 0 Å². The van der Waals surface area contributed by atoms with Gasteiger partial charge in [0.25, 0.3) is 0 Å². The van der Waals surface area contributed by atoms with Gasteiger partial charge in [0.1, 0.15) is 0 Å². The quantitative estimate of drug-likeness (QED) is 0.565. The maximum absolute atomic E-state index is 7.15. The molecular formula is C7H17N2. The van der Waals surface area contributed by atoms with Gasteiger partial charge in [0, 0.05) is 12.1 Å². The van der Waals surface area contributed by atoms with Gasteiger partial charge in [-0.15, -0.1) is 0 Å². The zero-order valence-corrected chi connectivity index (χ0v) is 6.81. The molecule has 0 saturated heterocycles. The fourth-order valence-electron chi connectivity index (χ4n) is 0.961. The first kappa shape index (κ1) is 8.92. The summed E-state index contributed by atoms with van der Waals surface area (Å²) in [6.45, 7) is 8.89. The van der Waals surface area contributed by atoms with Crippen molar-refractivity contribution >= 4 is 0 Å². The van der Waals surface area contributed by atoms with Gasteiger partial charge in [-0.2, -0.15) is 0 Å². The Labute approximate surface area is 58.0 Å². The van der Waals surface area contributed by atoms with E-state index < -0.39 is 0 Å². The standard InChI is InChI=1S/C7H17N2/c1-6(2)9(5-8)7(3)4/h6-8H,5H2,1-4H3. The highest BCUT2D eigenvalue weighted by Crippen LogP contribution is 2.01. The van der Waals surface area contributed by atoms with Gasteiger partial charge in [0.2, 0.25) is 0 Å². The Morgan fingerprint density at radius 2 is 1.44 bits per heavy atom. The van der Waals surface area contributed by atoms with E-state index in [4.69, 9.17) is 5.73 Å². The molecule has 0 rings (SSSR count). The maximum Gasteiger partial charge on any atom is 0.0619 e. The number of hydrogen-bond acceptors (Lipinski definition) is 1. The third-order valence-electron chi connectivity index (χ3n) is 1.51. The number of hydrogen-bond donors (Lipinski definition) is 0. The van der Waals surface area contributed by atoms with E-state index in [1.807, 2.05) is 0 Å². The minimum Gasteiger partial charge on any atom is -0.285 e. The summed E-state index contributed by atoms with van der Waals surface area (Å²) in [6.07, 6.45) is 0. The summed E-state index contributed by atoms with van der Waals surface area (Å²) >= 11 is 0. The zero-order valence-electron chi connectivity index (χ0n) is 6.81. The topological polar surface area (TPSA) is 27.0 Å². The van der Waals surface area contributed by atoms with Crippen molar-refractivity contribution < 1.29 is 0 Å². The van der Waals surface area contributed by atoms with Crippen LogP contribution in [0.5, 0.6) is 0 Å². The molecule has 0 heterocycles. The number of nitrogens with one attached hydrogen (secondary N) is 1. The van der Waals surface area contributed by atoms with Crippen molar-refractivity contribution in [1.29, 1.82) is 0 Å². The van der Waals surface area contributed by atoms with Crippen molar-refractivity contribution in [2.24, 2.45) is 0 Å². The van der Waals surface area contributed by atoms with Crippen LogP contribution in [0.2, 0.25) is 0 Å². The summed E-state index contributed by atoms with van der Waals surface area (Å²) in [5.41, 5.74) is 7.15. The van der Waals surface area contributed by atoms with Crippen LogP contribution in [0.3, 0.4) is 0 Å². The predicted octanol–water partition coefficient (Wildman–Crippen LogP) is 1.35. The van der Waals surface area contributed by atoms with Crippen LogP contribution >= 0.6 is 0 Å². The summed E-state index contributed by atoms with van der Waals surface area (Å²) in [4.78, 5) is 2.12. The van der Waals surface area contributed by atoms with Crippen LogP contribution in [0, 0.1) is 0 Å². The van der Waals surface area contributed by atoms with Gasteiger partial charge < -0.3 is 0 Å². The third-order valence-corrected chi connectivity index (χ3v) is 1.51. The molecular weight excluding hydrogens is 112 g/mol. The van der Waals surface area contributed by atoms with Crippen molar-refractivity contribution in [3.05, 3.63) is 0 Å². The lowest BCUT2D eigenvalue weighted by Gasteiger charge is -2.27. The summed E-state index contributed by atoms with van der Waals surface area (Å²) in [6, 6.07) is 1.00. The Kier molecular flexibility index (Phi) is 3.82. The fourth-order valence-corrected chi connectivity index (χ4v) is 0.961. The monoisotopic (exact) mass is 129 g/mol. The summed E-state index contributed by atoms with van der Waals surface area (Å²) in [5, 5.41) is 0. The summed E-state index contributed by atoms with van der Waals surface area (Å²) < 4.78 is 0. The highest BCUT2D eigenvalue weighted by atomic mass is 15.2. The minimum absolute atomic E-state index is 0.412. The Balaban J connectivity index is 3.68. The Hall–Kier alpha value is -0.0800. The molecule has 1 radical (unpaired) electrons. The molecule has 0 aliphatic carbocycles. The molecule has 0 aromatic heterocycles. The minimum atomic E-state index is 0.412. The van der Waals surface area contributed by atoms with E-state index in [-0.39, 0.29) is 0 Å². The highest BCUT2D eigenvalue weighted by Gasteiger charge is 2.09. The van der Waals surface area contributed by atoms with E-state index in [9.17, 15) is 0 Å². The molecule has 0 saturated carbocycles. The van der Waals surface area contributed by atoms with Crippen LogP contribution in [0.1, 0.15) is 27.7 Å². The van der Waals surface area contributed by atoms with Crippen molar-refractivity contribution in [1.82, 2.24) is 10.6 Å². The normalized spacial score (nSPS) is 12.0. The summed E-state index contributed by atoms with van der Waals surface area (Å²) in [5.74, 6) is 0. The van der Waals surface area contributed by atoms with E-state index in [0.717, 1.165) is 0 Å². The van der Waals surface area contributed by atoms with Crippen LogP contribution in [0.25, 0.3) is 0 Å². The van der Waals surface area contributed by atoms with Crippen LogP contribution in [0.4, 0.5) is 0 Å². The third kappa shape index (κ3) is 2.82. The Bertz CT molecular complexity index is 61.3. The van der Waals surface area contributed by atoms with Gasteiger partial charge in [-0.3, -0.25) is 4.90 Å². The smallest absolute Gasteiger partial charge is 0.0619 e. The number of rotatable bonds is 3. The van der Waals surface area contributed by atoms with Gasteiger partial charge in [-0.05, 0) is 27.7 Å². The van der Waals surface area contributed by atoms with Crippen molar-refractivity contribution in [2.75, 3.05) is 6.67 Å².